The molecule has 1 aliphatic rings. The topological polar surface area (TPSA) is 80.2 Å². The van der Waals surface area contributed by atoms with Crippen LogP contribution in [0.15, 0.2) is 18.3 Å². The van der Waals surface area contributed by atoms with E-state index in [1.807, 2.05) is 20.8 Å². The molecular weight excluding hydrogens is 418 g/mol. The predicted octanol–water partition coefficient (Wildman–Crippen LogP) is 4.24. The van der Waals surface area contributed by atoms with Crippen LogP contribution in [0.2, 0.25) is 0 Å². The lowest BCUT2D eigenvalue weighted by Gasteiger charge is -2.29. The van der Waals surface area contributed by atoms with Crippen molar-refractivity contribution in [3.05, 3.63) is 35.7 Å². The van der Waals surface area contributed by atoms with Gasteiger partial charge in [0.25, 0.3) is 5.95 Å². The lowest BCUT2D eigenvalue weighted by atomic mass is 9.92. The molecule has 31 heavy (non-hydrogen) atoms. The molecular formula is C20H23F4N5O2. The van der Waals surface area contributed by atoms with Crippen LogP contribution in [0, 0.1) is 11.4 Å². The molecule has 0 saturated carbocycles. The first kappa shape index (κ1) is 22.7. The molecule has 0 unspecified atom stereocenters. The number of aromatic nitrogens is 3. The molecule has 1 amide bonds. The average Bonchev–Trinajstić information content (AvgIpc) is 2.62. The molecule has 1 N–H and O–H groups in total. The highest BCUT2D eigenvalue weighted by Gasteiger charge is 2.31. The summed E-state index contributed by atoms with van der Waals surface area (Å²) >= 11 is 0. The van der Waals surface area contributed by atoms with Gasteiger partial charge in [-0.15, -0.1) is 13.2 Å². The maximum atomic E-state index is 14.5. The van der Waals surface area contributed by atoms with Crippen LogP contribution in [0.4, 0.5) is 29.2 Å². The van der Waals surface area contributed by atoms with E-state index in [9.17, 15) is 22.4 Å². The fourth-order valence-electron chi connectivity index (χ4n) is 3.19. The highest BCUT2D eigenvalue weighted by atomic mass is 19.4. The summed E-state index contributed by atoms with van der Waals surface area (Å²) in [5, 5.41) is 2.48. The number of pyridine rings is 1. The minimum Gasteiger partial charge on any atom is -0.404 e. The number of nitrogens with zero attached hydrogens (tertiary/aromatic N) is 4. The lowest BCUT2D eigenvalue weighted by Crippen LogP contribution is -2.32. The van der Waals surface area contributed by atoms with E-state index in [1.165, 1.54) is 12.1 Å². The van der Waals surface area contributed by atoms with E-state index < -0.39 is 18.1 Å². The van der Waals surface area contributed by atoms with Gasteiger partial charge in [0.05, 0.1) is 24.1 Å². The van der Waals surface area contributed by atoms with E-state index in [0.29, 0.717) is 30.2 Å². The summed E-state index contributed by atoms with van der Waals surface area (Å²) in [7, 11) is 0. The SMILES string of the molecule is CC(C)(C)CC(=O)Nc1nc2c(nc1F)N(Cc1ccc(OC(F)(F)F)cn1)CCC2. The summed E-state index contributed by atoms with van der Waals surface area (Å²) in [6, 6.07) is 2.57. The molecule has 3 heterocycles. The van der Waals surface area contributed by atoms with Crippen molar-refractivity contribution in [3.63, 3.8) is 0 Å². The summed E-state index contributed by atoms with van der Waals surface area (Å²) in [5.74, 6) is -1.54. The maximum Gasteiger partial charge on any atom is 0.573 e. The van der Waals surface area contributed by atoms with Gasteiger partial charge in [-0.05, 0) is 30.4 Å². The first-order valence-electron chi connectivity index (χ1n) is 9.71. The summed E-state index contributed by atoms with van der Waals surface area (Å²) in [6.07, 6.45) is -2.32. The Morgan fingerprint density at radius 1 is 1.23 bits per heavy atom. The number of rotatable bonds is 5. The third-order valence-electron chi connectivity index (χ3n) is 4.38. The zero-order valence-corrected chi connectivity index (χ0v) is 17.4. The third-order valence-corrected chi connectivity index (χ3v) is 4.38. The highest BCUT2D eigenvalue weighted by molar-refractivity contribution is 5.90. The van der Waals surface area contributed by atoms with Crippen LogP contribution < -0.4 is 15.0 Å². The van der Waals surface area contributed by atoms with E-state index in [0.717, 1.165) is 12.6 Å². The smallest absolute Gasteiger partial charge is 0.404 e. The Balaban J connectivity index is 1.74. The zero-order chi connectivity index (χ0) is 22.8. The second-order valence-electron chi connectivity index (χ2n) is 8.48. The van der Waals surface area contributed by atoms with Crippen LogP contribution in [0.25, 0.3) is 0 Å². The molecule has 0 aliphatic carbocycles. The summed E-state index contributed by atoms with van der Waals surface area (Å²) in [6.45, 7) is 6.46. The number of carbonyl (C=O) groups is 1. The first-order valence-corrected chi connectivity index (χ1v) is 9.71. The number of alkyl halides is 3. The molecule has 168 valence electrons. The molecule has 0 bridgehead atoms. The minimum absolute atomic E-state index is 0.205. The van der Waals surface area contributed by atoms with E-state index in [-0.39, 0.29) is 30.1 Å². The Hall–Kier alpha value is -2.98. The van der Waals surface area contributed by atoms with Crippen LogP contribution in [0.1, 0.15) is 45.0 Å². The highest BCUT2D eigenvalue weighted by Crippen LogP contribution is 2.28. The number of carbonyl (C=O) groups excluding carboxylic acids is 1. The molecule has 1 aliphatic heterocycles. The van der Waals surface area contributed by atoms with Gasteiger partial charge in [0.15, 0.2) is 11.6 Å². The molecule has 0 saturated heterocycles. The number of aryl methyl sites for hydroxylation is 1. The van der Waals surface area contributed by atoms with Crippen molar-refractivity contribution in [2.24, 2.45) is 5.41 Å². The fraction of sp³-hybridized carbons (Fsp3) is 0.500. The monoisotopic (exact) mass is 441 g/mol. The summed E-state index contributed by atoms with van der Waals surface area (Å²) in [4.78, 5) is 26.1. The van der Waals surface area contributed by atoms with Crippen molar-refractivity contribution in [1.82, 2.24) is 15.0 Å². The van der Waals surface area contributed by atoms with Crippen molar-refractivity contribution >= 4 is 17.5 Å². The fourth-order valence-corrected chi connectivity index (χ4v) is 3.19. The summed E-state index contributed by atoms with van der Waals surface area (Å²) in [5.41, 5.74) is 0.745. The van der Waals surface area contributed by atoms with Crippen molar-refractivity contribution in [1.29, 1.82) is 0 Å². The number of ether oxygens (including phenoxy) is 1. The molecule has 0 spiro atoms. The Labute approximate surface area is 176 Å². The van der Waals surface area contributed by atoms with Crippen LogP contribution in [0.5, 0.6) is 5.75 Å². The average molecular weight is 441 g/mol. The molecule has 2 aromatic rings. The van der Waals surface area contributed by atoms with Crippen LogP contribution in [-0.4, -0.2) is 33.8 Å². The molecule has 0 atom stereocenters. The van der Waals surface area contributed by atoms with Gasteiger partial charge in [0.2, 0.25) is 5.91 Å². The van der Waals surface area contributed by atoms with Gasteiger partial charge in [-0.1, -0.05) is 20.8 Å². The van der Waals surface area contributed by atoms with Crippen LogP contribution in [-0.2, 0) is 17.8 Å². The summed E-state index contributed by atoms with van der Waals surface area (Å²) < 4.78 is 55.2. The van der Waals surface area contributed by atoms with Gasteiger partial charge in [0.1, 0.15) is 5.75 Å². The maximum absolute atomic E-state index is 14.5. The van der Waals surface area contributed by atoms with E-state index in [4.69, 9.17) is 0 Å². The van der Waals surface area contributed by atoms with Gasteiger partial charge >= 0.3 is 6.36 Å². The van der Waals surface area contributed by atoms with Gasteiger partial charge in [-0.2, -0.15) is 9.37 Å². The Bertz CT molecular complexity index is 942. The molecule has 3 rings (SSSR count). The Kier molecular flexibility index (Phi) is 6.33. The molecule has 0 radical (unpaired) electrons. The number of halogens is 4. The van der Waals surface area contributed by atoms with Gasteiger partial charge in [-0.3, -0.25) is 9.78 Å². The van der Waals surface area contributed by atoms with E-state index in [1.54, 1.807) is 4.90 Å². The van der Waals surface area contributed by atoms with Crippen LogP contribution >= 0.6 is 0 Å². The van der Waals surface area contributed by atoms with E-state index >= 15 is 0 Å². The van der Waals surface area contributed by atoms with Crippen molar-refractivity contribution in [2.75, 3.05) is 16.8 Å². The van der Waals surface area contributed by atoms with Crippen molar-refractivity contribution < 1.29 is 27.1 Å². The number of nitrogens with one attached hydrogen (secondary N) is 1. The van der Waals surface area contributed by atoms with Crippen molar-refractivity contribution in [2.45, 2.75) is 52.9 Å². The Morgan fingerprint density at radius 3 is 2.58 bits per heavy atom. The lowest BCUT2D eigenvalue weighted by molar-refractivity contribution is -0.274. The normalized spacial score (nSPS) is 14.2. The first-order chi connectivity index (χ1) is 14.4. The number of fused-ring (bicyclic) bond motifs is 1. The molecule has 0 aromatic carbocycles. The third kappa shape index (κ3) is 6.50. The second kappa shape index (κ2) is 8.64. The predicted molar refractivity (Wildman–Crippen MR) is 105 cm³/mol. The standard InChI is InChI=1S/C20H23F4N5O2/c1-19(2,3)9-15(30)27-17-16(21)28-18-14(26-17)5-4-8-29(18)11-12-6-7-13(10-25-12)31-20(22,23)24/h6-7,10H,4-5,8-9,11H2,1-3H3,(H,26,27,30). The molecule has 0 fully saturated rings. The number of hydrogen-bond acceptors (Lipinski definition) is 6. The second-order valence-corrected chi connectivity index (χ2v) is 8.48. The number of amides is 1. The van der Waals surface area contributed by atoms with E-state index in [2.05, 4.69) is 25.0 Å². The molecule has 7 nitrogen and oxygen atoms in total. The van der Waals surface area contributed by atoms with Crippen molar-refractivity contribution in [3.8, 4) is 5.75 Å². The number of anilines is 2. The Morgan fingerprint density at radius 2 is 1.97 bits per heavy atom. The van der Waals surface area contributed by atoms with Gasteiger partial charge < -0.3 is 15.0 Å². The largest absolute Gasteiger partial charge is 0.573 e. The number of hydrogen-bond donors (Lipinski definition) is 1. The van der Waals surface area contributed by atoms with Gasteiger partial charge in [-0.25, -0.2) is 4.98 Å². The van der Waals surface area contributed by atoms with Crippen LogP contribution in [0.3, 0.4) is 0 Å². The minimum atomic E-state index is -4.79. The van der Waals surface area contributed by atoms with Gasteiger partial charge in [0, 0.05) is 13.0 Å². The zero-order valence-electron chi connectivity index (χ0n) is 17.4. The quantitative estimate of drug-likeness (QED) is 0.700. The molecule has 11 heteroatoms. The molecule has 2 aromatic heterocycles.